The molecule has 16 heavy (non-hydrogen) atoms. The Morgan fingerprint density at radius 2 is 2.31 bits per heavy atom. The Labute approximate surface area is 95.9 Å². The molecular formula is C7H12N6O2S. The van der Waals surface area contributed by atoms with Crippen LogP contribution in [0.25, 0.3) is 0 Å². The number of nitrogens with one attached hydrogen (secondary N) is 1. The first-order valence-electron chi connectivity index (χ1n) is 4.57. The van der Waals surface area contributed by atoms with Crippen LogP contribution in [0.15, 0.2) is 5.16 Å². The van der Waals surface area contributed by atoms with Crippen molar-refractivity contribution in [1.29, 1.82) is 0 Å². The van der Waals surface area contributed by atoms with Crippen LogP contribution in [0.5, 0.6) is 0 Å². The second-order valence-electron chi connectivity index (χ2n) is 2.89. The number of thioether (sulfide) groups is 1. The summed E-state index contributed by atoms with van der Waals surface area (Å²) in [6, 6.07) is -0.868. The monoisotopic (exact) mass is 244 g/mol. The summed E-state index contributed by atoms with van der Waals surface area (Å²) >= 11 is 1.16. The number of tetrazole rings is 1. The van der Waals surface area contributed by atoms with Gasteiger partial charge in [-0.25, -0.2) is 9.48 Å². The Kier molecular flexibility index (Phi) is 4.23. The molecule has 0 saturated heterocycles. The summed E-state index contributed by atoms with van der Waals surface area (Å²) in [5.41, 5.74) is 4.83. The van der Waals surface area contributed by atoms with Crippen molar-refractivity contribution in [1.82, 2.24) is 25.5 Å². The van der Waals surface area contributed by atoms with Crippen LogP contribution >= 0.6 is 11.8 Å². The predicted octanol–water partition coefficient (Wildman–Crippen LogP) is -0.631. The van der Waals surface area contributed by atoms with E-state index in [2.05, 4.69) is 15.5 Å². The second-order valence-corrected chi connectivity index (χ2v) is 4.20. The number of imide groups is 1. The van der Waals surface area contributed by atoms with E-state index in [0.29, 0.717) is 11.7 Å². The molecule has 3 N–H and O–H groups in total. The lowest BCUT2D eigenvalue weighted by molar-refractivity contribution is -0.119. The van der Waals surface area contributed by atoms with Gasteiger partial charge in [0.2, 0.25) is 11.1 Å². The lowest BCUT2D eigenvalue weighted by atomic mass is 10.4. The fourth-order valence-electron chi connectivity index (χ4n) is 0.914. The molecule has 0 aliphatic rings. The minimum Gasteiger partial charge on any atom is -0.351 e. The van der Waals surface area contributed by atoms with E-state index in [-0.39, 0.29) is 0 Å². The Bertz CT molecular complexity index is 392. The van der Waals surface area contributed by atoms with Crippen molar-refractivity contribution in [3.8, 4) is 0 Å². The molecule has 1 rings (SSSR count). The van der Waals surface area contributed by atoms with Crippen LogP contribution in [-0.2, 0) is 11.3 Å². The molecule has 0 unspecified atom stereocenters. The van der Waals surface area contributed by atoms with Crippen LogP contribution in [0, 0.1) is 0 Å². The van der Waals surface area contributed by atoms with Crippen LogP contribution in [0.4, 0.5) is 4.79 Å². The van der Waals surface area contributed by atoms with Crippen molar-refractivity contribution in [3.05, 3.63) is 0 Å². The second kappa shape index (κ2) is 5.45. The highest BCUT2D eigenvalue weighted by molar-refractivity contribution is 8.00. The van der Waals surface area contributed by atoms with Gasteiger partial charge in [0, 0.05) is 6.54 Å². The minimum absolute atomic E-state index is 0.469. The normalized spacial score (nSPS) is 12.1. The molecule has 1 aromatic heterocycles. The Balaban J connectivity index is 2.60. The molecule has 0 aliphatic carbocycles. The maximum atomic E-state index is 11.4. The van der Waals surface area contributed by atoms with Gasteiger partial charge in [0.1, 0.15) is 0 Å². The third-order valence-electron chi connectivity index (χ3n) is 1.70. The van der Waals surface area contributed by atoms with Gasteiger partial charge in [-0.1, -0.05) is 11.8 Å². The van der Waals surface area contributed by atoms with Crippen molar-refractivity contribution in [2.24, 2.45) is 5.73 Å². The number of hydrogen-bond acceptors (Lipinski definition) is 6. The van der Waals surface area contributed by atoms with E-state index < -0.39 is 17.2 Å². The van der Waals surface area contributed by atoms with Crippen molar-refractivity contribution < 1.29 is 9.59 Å². The van der Waals surface area contributed by atoms with Gasteiger partial charge in [-0.15, -0.1) is 5.10 Å². The minimum atomic E-state index is -0.868. The smallest absolute Gasteiger partial charge is 0.318 e. The van der Waals surface area contributed by atoms with E-state index >= 15 is 0 Å². The van der Waals surface area contributed by atoms with Gasteiger partial charge in [-0.2, -0.15) is 0 Å². The first-order chi connectivity index (χ1) is 7.54. The molecule has 0 bridgehead atoms. The summed E-state index contributed by atoms with van der Waals surface area (Å²) in [5, 5.41) is 13.0. The van der Waals surface area contributed by atoms with Gasteiger partial charge in [-0.3, -0.25) is 10.1 Å². The third-order valence-corrected chi connectivity index (χ3v) is 2.77. The SMILES string of the molecule is CCn1nnnc1S[C@H](C)C(=O)NC(N)=O. The number of hydrogen-bond donors (Lipinski definition) is 2. The number of urea groups is 1. The fraction of sp³-hybridized carbons (Fsp3) is 0.571. The van der Waals surface area contributed by atoms with Gasteiger partial charge in [0.15, 0.2) is 0 Å². The summed E-state index contributed by atoms with van der Waals surface area (Å²) < 4.78 is 1.55. The zero-order valence-corrected chi connectivity index (χ0v) is 9.69. The van der Waals surface area contributed by atoms with Crippen molar-refractivity contribution in [2.45, 2.75) is 30.8 Å². The molecule has 3 amide bonds. The van der Waals surface area contributed by atoms with Gasteiger partial charge < -0.3 is 5.73 Å². The fourth-order valence-corrected chi connectivity index (χ4v) is 1.77. The zero-order valence-electron chi connectivity index (χ0n) is 8.88. The third kappa shape index (κ3) is 3.19. The number of aromatic nitrogens is 4. The largest absolute Gasteiger partial charge is 0.351 e. The number of primary amides is 1. The van der Waals surface area contributed by atoms with Gasteiger partial charge in [0.05, 0.1) is 5.25 Å². The zero-order chi connectivity index (χ0) is 12.1. The Morgan fingerprint density at radius 3 is 2.88 bits per heavy atom. The molecule has 0 radical (unpaired) electrons. The van der Waals surface area contributed by atoms with Gasteiger partial charge in [-0.05, 0) is 24.3 Å². The van der Waals surface area contributed by atoms with Gasteiger partial charge >= 0.3 is 6.03 Å². The van der Waals surface area contributed by atoms with Crippen LogP contribution in [0.2, 0.25) is 0 Å². The van der Waals surface area contributed by atoms with Crippen molar-refractivity contribution in [2.75, 3.05) is 0 Å². The summed E-state index contributed by atoms with van der Waals surface area (Å²) in [7, 11) is 0. The van der Waals surface area contributed by atoms with Crippen LogP contribution in [0.3, 0.4) is 0 Å². The Hall–Kier alpha value is -1.64. The molecule has 0 saturated carbocycles. The van der Waals surface area contributed by atoms with Crippen molar-refractivity contribution in [3.63, 3.8) is 0 Å². The molecule has 0 aliphatic heterocycles. The summed E-state index contributed by atoms with van der Waals surface area (Å²) in [6.07, 6.45) is 0. The number of carbonyl (C=O) groups excluding carboxylic acids is 2. The molecule has 1 heterocycles. The quantitative estimate of drug-likeness (QED) is 0.681. The molecule has 0 spiro atoms. The average molecular weight is 244 g/mol. The number of aryl methyl sites for hydroxylation is 1. The van der Waals surface area contributed by atoms with E-state index in [9.17, 15) is 9.59 Å². The van der Waals surface area contributed by atoms with Crippen LogP contribution in [0.1, 0.15) is 13.8 Å². The molecule has 0 aromatic carbocycles. The molecule has 9 heteroatoms. The molecule has 1 atom stereocenters. The topological polar surface area (TPSA) is 116 Å². The lowest BCUT2D eigenvalue weighted by Gasteiger charge is -2.08. The number of rotatable bonds is 4. The number of carbonyl (C=O) groups is 2. The standard InChI is InChI=1S/C7H12N6O2S/c1-3-13-7(10-11-12-13)16-4(2)5(14)9-6(8)15/h4H,3H2,1-2H3,(H3,8,9,14,15)/t4-/m1/s1. The van der Waals surface area contributed by atoms with E-state index in [4.69, 9.17) is 5.73 Å². The van der Waals surface area contributed by atoms with Crippen LogP contribution < -0.4 is 11.1 Å². The molecule has 1 aromatic rings. The highest BCUT2D eigenvalue weighted by Crippen LogP contribution is 2.19. The van der Waals surface area contributed by atoms with E-state index in [1.807, 2.05) is 12.2 Å². The lowest BCUT2D eigenvalue weighted by Crippen LogP contribution is -2.39. The predicted molar refractivity (Wildman–Crippen MR) is 56.5 cm³/mol. The number of nitrogens with two attached hydrogens (primary N) is 1. The van der Waals surface area contributed by atoms with E-state index in [1.54, 1.807) is 11.6 Å². The molecule has 0 fully saturated rings. The highest BCUT2D eigenvalue weighted by Gasteiger charge is 2.18. The highest BCUT2D eigenvalue weighted by atomic mass is 32.2. The molecular weight excluding hydrogens is 232 g/mol. The summed E-state index contributed by atoms with van der Waals surface area (Å²) in [5.74, 6) is -0.469. The first-order valence-corrected chi connectivity index (χ1v) is 5.45. The molecule has 88 valence electrons. The van der Waals surface area contributed by atoms with E-state index in [0.717, 1.165) is 11.8 Å². The maximum absolute atomic E-state index is 11.4. The maximum Gasteiger partial charge on any atom is 0.318 e. The number of nitrogens with zero attached hydrogens (tertiary/aromatic N) is 4. The molecule has 8 nitrogen and oxygen atoms in total. The average Bonchev–Trinajstić information content (AvgIpc) is 2.64. The van der Waals surface area contributed by atoms with Crippen LogP contribution in [-0.4, -0.2) is 37.4 Å². The number of amides is 3. The summed E-state index contributed by atoms with van der Waals surface area (Å²) in [4.78, 5) is 21.8. The summed E-state index contributed by atoms with van der Waals surface area (Å²) in [6.45, 7) is 4.13. The first kappa shape index (κ1) is 12.4. The van der Waals surface area contributed by atoms with E-state index in [1.165, 1.54) is 0 Å². The Morgan fingerprint density at radius 1 is 1.62 bits per heavy atom. The van der Waals surface area contributed by atoms with Crippen molar-refractivity contribution >= 4 is 23.7 Å². The van der Waals surface area contributed by atoms with Gasteiger partial charge in [0.25, 0.3) is 0 Å².